The predicted octanol–water partition coefficient (Wildman–Crippen LogP) is 1.86. The number of carbonyl (C=O) groups excluding carboxylic acids is 1. The van der Waals surface area contributed by atoms with Crippen LogP contribution >= 0.6 is 11.8 Å². The molecule has 0 aromatic heterocycles. The fraction of sp³-hybridized carbons (Fsp3) is 0.364. The molecule has 0 bridgehead atoms. The Labute approximate surface area is 93.6 Å². The van der Waals surface area contributed by atoms with Gasteiger partial charge in [0.2, 0.25) is 0 Å². The minimum atomic E-state index is -0.0751. The summed E-state index contributed by atoms with van der Waals surface area (Å²) < 4.78 is 0. The summed E-state index contributed by atoms with van der Waals surface area (Å²) in [6.45, 7) is 1.44. The average Bonchev–Trinajstić information content (AvgIpc) is 2.66. The van der Waals surface area contributed by atoms with Crippen LogP contribution in [-0.4, -0.2) is 29.0 Å². The molecule has 1 saturated heterocycles. The monoisotopic (exact) mass is 222 g/mol. The molecule has 2 N–H and O–H groups in total. The molecule has 1 amide bonds. The van der Waals surface area contributed by atoms with Crippen LogP contribution in [0.3, 0.4) is 0 Å². The minimum Gasteiger partial charge on any atom is -0.331 e. The zero-order valence-electron chi connectivity index (χ0n) is 8.43. The number of rotatable bonds is 3. The molecule has 1 fully saturated rings. The third kappa shape index (κ3) is 2.52. The standard InChI is InChI=1S/C11H14N2OS/c12-10(9-4-2-1-3-5-9)8-13-6-7-15-11(13)14/h1-5,10H,6-8,12H2. The van der Waals surface area contributed by atoms with Gasteiger partial charge in [-0.15, -0.1) is 0 Å². The fourth-order valence-corrected chi connectivity index (χ4v) is 2.47. The molecule has 1 aliphatic rings. The molecule has 0 saturated carbocycles. The lowest BCUT2D eigenvalue weighted by molar-refractivity contribution is 0.226. The van der Waals surface area contributed by atoms with Gasteiger partial charge in [-0.3, -0.25) is 4.79 Å². The summed E-state index contributed by atoms with van der Waals surface area (Å²) in [5, 5.41) is 0.154. The van der Waals surface area contributed by atoms with Crippen LogP contribution in [0.5, 0.6) is 0 Å². The first-order valence-electron chi connectivity index (χ1n) is 4.99. The molecule has 80 valence electrons. The first-order chi connectivity index (χ1) is 7.27. The van der Waals surface area contributed by atoms with Gasteiger partial charge in [0.25, 0.3) is 5.24 Å². The van der Waals surface area contributed by atoms with Gasteiger partial charge in [0.15, 0.2) is 0 Å². The van der Waals surface area contributed by atoms with Gasteiger partial charge in [-0.1, -0.05) is 42.1 Å². The Kier molecular flexibility index (Phi) is 3.28. The summed E-state index contributed by atoms with van der Waals surface area (Å²) in [6, 6.07) is 9.82. The Bertz CT molecular complexity index is 342. The Morgan fingerprint density at radius 1 is 1.40 bits per heavy atom. The van der Waals surface area contributed by atoms with E-state index in [4.69, 9.17) is 5.73 Å². The Hall–Kier alpha value is -1.00. The van der Waals surface area contributed by atoms with Gasteiger partial charge in [0.05, 0.1) is 0 Å². The average molecular weight is 222 g/mol. The molecule has 0 spiro atoms. The lowest BCUT2D eigenvalue weighted by Gasteiger charge is -2.20. The Balaban J connectivity index is 1.98. The van der Waals surface area contributed by atoms with Crippen molar-refractivity contribution in [2.45, 2.75) is 6.04 Å². The molecule has 1 atom stereocenters. The van der Waals surface area contributed by atoms with Gasteiger partial charge in [-0.25, -0.2) is 0 Å². The van der Waals surface area contributed by atoms with Gasteiger partial charge >= 0.3 is 0 Å². The normalized spacial score (nSPS) is 18.2. The van der Waals surface area contributed by atoms with E-state index >= 15 is 0 Å². The zero-order valence-corrected chi connectivity index (χ0v) is 9.24. The molecule has 0 radical (unpaired) electrons. The summed E-state index contributed by atoms with van der Waals surface area (Å²) in [7, 11) is 0. The van der Waals surface area contributed by atoms with E-state index in [0.29, 0.717) is 6.54 Å². The maximum atomic E-state index is 11.4. The molecular formula is C11H14N2OS. The van der Waals surface area contributed by atoms with E-state index < -0.39 is 0 Å². The summed E-state index contributed by atoms with van der Waals surface area (Å²) in [5.74, 6) is 0.889. The first-order valence-corrected chi connectivity index (χ1v) is 5.98. The van der Waals surface area contributed by atoms with Crippen molar-refractivity contribution in [3.8, 4) is 0 Å². The van der Waals surface area contributed by atoms with E-state index in [1.54, 1.807) is 0 Å². The highest BCUT2D eigenvalue weighted by atomic mass is 32.2. The number of nitrogens with two attached hydrogens (primary N) is 1. The summed E-state index contributed by atoms with van der Waals surface area (Å²) in [6.07, 6.45) is 0. The van der Waals surface area contributed by atoms with E-state index in [1.807, 2.05) is 35.2 Å². The third-order valence-corrected chi connectivity index (χ3v) is 3.38. The van der Waals surface area contributed by atoms with Crippen molar-refractivity contribution in [3.63, 3.8) is 0 Å². The van der Waals surface area contributed by atoms with Crippen molar-refractivity contribution >= 4 is 17.0 Å². The van der Waals surface area contributed by atoms with E-state index in [-0.39, 0.29) is 11.3 Å². The van der Waals surface area contributed by atoms with Crippen LogP contribution < -0.4 is 5.73 Å². The van der Waals surface area contributed by atoms with Crippen LogP contribution in [-0.2, 0) is 0 Å². The Morgan fingerprint density at radius 2 is 2.13 bits per heavy atom. The SMILES string of the molecule is NC(CN1CCSC1=O)c1ccccc1. The summed E-state index contributed by atoms with van der Waals surface area (Å²) in [4.78, 5) is 13.2. The minimum absolute atomic E-state index is 0.0751. The predicted molar refractivity (Wildman–Crippen MR) is 62.8 cm³/mol. The molecule has 0 aliphatic carbocycles. The van der Waals surface area contributed by atoms with Crippen molar-refractivity contribution in [2.24, 2.45) is 5.73 Å². The van der Waals surface area contributed by atoms with E-state index in [2.05, 4.69) is 0 Å². The van der Waals surface area contributed by atoms with Gasteiger partial charge < -0.3 is 10.6 Å². The van der Waals surface area contributed by atoms with Crippen LogP contribution in [0.2, 0.25) is 0 Å². The van der Waals surface area contributed by atoms with Gasteiger partial charge in [-0.05, 0) is 5.56 Å². The maximum absolute atomic E-state index is 11.4. The van der Waals surface area contributed by atoms with Crippen LogP contribution in [0, 0.1) is 0 Å². The van der Waals surface area contributed by atoms with Gasteiger partial charge in [0, 0.05) is 24.9 Å². The highest BCUT2D eigenvalue weighted by Gasteiger charge is 2.23. The second kappa shape index (κ2) is 4.68. The zero-order chi connectivity index (χ0) is 10.7. The third-order valence-electron chi connectivity index (χ3n) is 2.49. The van der Waals surface area contributed by atoms with Crippen molar-refractivity contribution in [1.29, 1.82) is 0 Å². The number of hydrogen-bond donors (Lipinski definition) is 1. The first kappa shape index (κ1) is 10.5. The van der Waals surface area contributed by atoms with Gasteiger partial charge in [0.1, 0.15) is 0 Å². The molecule has 1 aromatic carbocycles. The number of benzene rings is 1. The van der Waals surface area contributed by atoms with E-state index in [9.17, 15) is 4.79 Å². The van der Waals surface area contributed by atoms with Gasteiger partial charge in [-0.2, -0.15) is 0 Å². The lowest BCUT2D eigenvalue weighted by Crippen LogP contribution is -2.32. The molecule has 15 heavy (non-hydrogen) atoms. The smallest absolute Gasteiger partial charge is 0.281 e. The second-order valence-corrected chi connectivity index (χ2v) is 4.62. The van der Waals surface area contributed by atoms with Crippen LogP contribution in [0.25, 0.3) is 0 Å². The number of hydrogen-bond acceptors (Lipinski definition) is 3. The maximum Gasteiger partial charge on any atom is 0.281 e. The van der Waals surface area contributed by atoms with E-state index in [1.165, 1.54) is 11.8 Å². The topological polar surface area (TPSA) is 46.3 Å². The van der Waals surface area contributed by atoms with E-state index in [0.717, 1.165) is 17.9 Å². The van der Waals surface area contributed by atoms with Crippen molar-refractivity contribution in [2.75, 3.05) is 18.8 Å². The molecule has 3 nitrogen and oxygen atoms in total. The Morgan fingerprint density at radius 3 is 2.73 bits per heavy atom. The molecule has 1 aromatic rings. The second-order valence-electron chi connectivity index (χ2n) is 3.58. The van der Waals surface area contributed by atoms with Crippen molar-refractivity contribution in [1.82, 2.24) is 4.90 Å². The fourth-order valence-electron chi connectivity index (χ4n) is 1.63. The summed E-state index contributed by atoms with van der Waals surface area (Å²) >= 11 is 1.37. The molecule has 1 heterocycles. The number of carbonyl (C=O) groups is 1. The summed E-state index contributed by atoms with van der Waals surface area (Å²) in [5.41, 5.74) is 7.12. The highest BCUT2D eigenvalue weighted by molar-refractivity contribution is 8.13. The highest BCUT2D eigenvalue weighted by Crippen LogP contribution is 2.20. The molecule has 1 aliphatic heterocycles. The molecule has 2 rings (SSSR count). The van der Waals surface area contributed by atoms with Crippen LogP contribution in [0.4, 0.5) is 4.79 Å². The quantitative estimate of drug-likeness (QED) is 0.849. The van der Waals surface area contributed by atoms with Crippen LogP contribution in [0.15, 0.2) is 30.3 Å². The molecular weight excluding hydrogens is 208 g/mol. The molecule has 1 unspecified atom stereocenters. The number of nitrogens with zero attached hydrogens (tertiary/aromatic N) is 1. The largest absolute Gasteiger partial charge is 0.331 e. The molecule has 4 heteroatoms. The van der Waals surface area contributed by atoms with Crippen LogP contribution in [0.1, 0.15) is 11.6 Å². The lowest BCUT2D eigenvalue weighted by atomic mass is 10.1. The van der Waals surface area contributed by atoms with Crippen molar-refractivity contribution in [3.05, 3.63) is 35.9 Å². The van der Waals surface area contributed by atoms with Crippen molar-refractivity contribution < 1.29 is 4.79 Å². The number of amides is 1. The number of thioether (sulfide) groups is 1.